The minimum absolute atomic E-state index is 0.0292. The summed E-state index contributed by atoms with van der Waals surface area (Å²) in [6, 6.07) is 7.12. The van der Waals surface area contributed by atoms with Crippen LogP contribution in [0.4, 0.5) is 0 Å². The van der Waals surface area contributed by atoms with E-state index in [-0.39, 0.29) is 24.5 Å². The highest BCUT2D eigenvalue weighted by molar-refractivity contribution is 5.94. The third kappa shape index (κ3) is 4.86. The fraction of sp³-hybridized carbons (Fsp3) is 0.696. The van der Waals surface area contributed by atoms with Crippen molar-refractivity contribution in [2.75, 3.05) is 26.7 Å². The molecule has 7 nitrogen and oxygen atoms in total. The van der Waals surface area contributed by atoms with Crippen molar-refractivity contribution in [2.24, 2.45) is 5.92 Å². The van der Waals surface area contributed by atoms with Gasteiger partial charge in [0.1, 0.15) is 12.4 Å². The predicted octanol–water partition coefficient (Wildman–Crippen LogP) is 1.37. The molecule has 2 saturated carbocycles. The van der Waals surface area contributed by atoms with Crippen LogP contribution < -0.4 is 4.74 Å². The summed E-state index contributed by atoms with van der Waals surface area (Å²) >= 11 is 0. The molecule has 3 rings (SSSR count). The molecule has 0 saturated heterocycles. The molecule has 7 heteroatoms. The lowest BCUT2D eigenvalue weighted by Crippen LogP contribution is -2.62. The van der Waals surface area contributed by atoms with Crippen LogP contribution in [0.5, 0.6) is 5.75 Å². The first-order valence-corrected chi connectivity index (χ1v) is 10.9. The number of carbonyl (C=O) groups excluding carboxylic acids is 1. The summed E-state index contributed by atoms with van der Waals surface area (Å²) in [5.41, 5.74) is -1.95. The van der Waals surface area contributed by atoms with E-state index in [2.05, 4.69) is 4.90 Å². The van der Waals surface area contributed by atoms with Crippen molar-refractivity contribution in [3.8, 4) is 5.75 Å². The van der Waals surface area contributed by atoms with Gasteiger partial charge in [0.15, 0.2) is 5.78 Å². The van der Waals surface area contributed by atoms with Gasteiger partial charge in [0, 0.05) is 24.9 Å². The van der Waals surface area contributed by atoms with Crippen LogP contribution >= 0.6 is 0 Å². The van der Waals surface area contributed by atoms with Crippen molar-refractivity contribution in [1.29, 1.82) is 0 Å². The standard InChI is InChI=1S/C23H35NO6/c1-16(25)17-5-7-19(8-6-17)30-13-12-24(2)11-3-4-18-9-10-22(28)14-20(26)21(27)15-23(18,22)29/h5-8,18,20-21,26-29H,3-4,9-15H2,1-2H3. The quantitative estimate of drug-likeness (QED) is 0.446. The van der Waals surface area contributed by atoms with E-state index in [4.69, 9.17) is 4.74 Å². The first kappa shape index (κ1) is 23.2. The predicted molar refractivity (Wildman–Crippen MR) is 113 cm³/mol. The Morgan fingerprint density at radius 3 is 2.47 bits per heavy atom. The van der Waals surface area contributed by atoms with E-state index in [1.54, 1.807) is 24.3 Å². The van der Waals surface area contributed by atoms with Gasteiger partial charge in [-0.05, 0) is 76.4 Å². The van der Waals surface area contributed by atoms with Crippen molar-refractivity contribution >= 4 is 5.78 Å². The minimum atomic E-state index is -1.32. The lowest BCUT2D eigenvalue weighted by molar-refractivity contribution is -0.220. The van der Waals surface area contributed by atoms with E-state index in [0.29, 0.717) is 25.0 Å². The Morgan fingerprint density at radius 1 is 1.13 bits per heavy atom. The first-order valence-electron chi connectivity index (χ1n) is 10.9. The third-order valence-electron chi connectivity index (χ3n) is 6.99. The molecule has 0 spiro atoms. The average molecular weight is 422 g/mol. The van der Waals surface area contributed by atoms with Crippen molar-refractivity contribution < 1.29 is 30.0 Å². The lowest BCUT2D eigenvalue weighted by atomic mass is 9.67. The molecule has 2 aliphatic carbocycles. The average Bonchev–Trinajstić information content (AvgIpc) is 2.93. The summed E-state index contributed by atoms with van der Waals surface area (Å²) in [5.74, 6) is 0.693. The normalized spacial score (nSPS) is 33.5. The number of aliphatic hydroxyl groups excluding tert-OH is 2. The topological polar surface area (TPSA) is 110 Å². The van der Waals surface area contributed by atoms with Gasteiger partial charge in [-0.15, -0.1) is 0 Å². The van der Waals surface area contributed by atoms with Crippen LogP contribution in [0.2, 0.25) is 0 Å². The molecule has 5 unspecified atom stereocenters. The molecule has 0 radical (unpaired) electrons. The van der Waals surface area contributed by atoms with Crippen LogP contribution in [0, 0.1) is 5.92 Å². The molecule has 0 aromatic heterocycles. The van der Waals surface area contributed by atoms with Gasteiger partial charge in [0.25, 0.3) is 0 Å². The number of rotatable bonds is 9. The van der Waals surface area contributed by atoms with Gasteiger partial charge in [-0.25, -0.2) is 0 Å². The monoisotopic (exact) mass is 421 g/mol. The Kier molecular flexibility index (Phi) is 7.20. The lowest BCUT2D eigenvalue weighted by Gasteiger charge is -2.48. The van der Waals surface area contributed by atoms with E-state index >= 15 is 0 Å². The molecule has 1 aromatic rings. The largest absolute Gasteiger partial charge is 0.492 e. The van der Waals surface area contributed by atoms with E-state index in [1.165, 1.54) is 6.92 Å². The van der Waals surface area contributed by atoms with Crippen LogP contribution in [0.3, 0.4) is 0 Å². The van der Waals surface area contributed by atoms with Crippen LogP contribution in [0.1, 0.15) is 55.8 Å². The number of hydrogen-bond donors (Lipinski definition) is 4. The van der Waals surface area contributed by atoms with Gasteiger partial charge >= 0.3 is 0 Å². The fourth-order valence-corrected chi connectivity index (χ4v) is 5.03. The molecule has 4 N–H and O–H groups in total. The van der Waals surface area contributed by atoms with Gasteiger partial charge in [0.05, 0.1) is 23.4 Å². The number of ether oxygens (including phenoxy) is 1. The number of carbonyl (C=O) groups is 1. The number of Topliss-reactive ketones (excluding diaryl/α,β-unsaturated/α-hetero) is 1. The summed E-state index contributed by atoms with van der Waals surface area (Å²) < 4.78 is 5.74. The highest BCUT2D eigenvalue weighted by atomic mass is 16.5. The third-order valence-corrected chi connectivity index (χ3v) is 6.99. The number of ketones is 1. The van der Waals surface area contributed by atoms with Gasteiger partial charge in [-0.2, -0.15) is 0 Å². The maximum Gasteiger partial charge on any atom is 0.159 e. The summed E-state index contributed by atoms with van der Waals surface area (Å²) in [5, 5.41) is 41.9. The first-order chi connectivity index (χ1) is 14.1. The fourth-order valence-electron chi connectivity index (χ4n) is 5.03. The van der Waals surface area contributed by atoms with Crippen molar-refractivity contribution in [3.05, 3.63) is 29.8 Å². The Bertz CT molecular complexity index is 725. The molecular weight excluding hydrogens is 386 g/mol. The minimum Gasteiger partial charge on any atom is -0.492 e. The number of benzene rings is 1. The summed E-state index contributed by atoms with van der Waals surface area (Å²) in [6.07, 6.45) is 0.900. The molecule has 0 aliphatic heterocycles. The van der Waals surface area contributed by atoms with E-state index in [0.717, 1.165) is 31.7 Å². The molecule has 0 heterocycles. The van der Waals surface area contributed by atoms with Crippen LogP contribution in [-0.4, -0.2) is 81.3 Å². The maximum absolute atomic E-state index is 11.3. The second-order valence-electron chi connectivity index (χ2n) is 9.11. The Labute approximate surface area is 178 Å². The van der Waals surface area contributed by atoms with Crippen LogP contribution in [0.25, 0.3) is 0 Å². The summed E-state index contributed by atoms with van der Waals surface area (Å²) in [4.78, 5) is 13.5. The van der Waals surface area contributed by atoms with E-state index in [9.17, 15) is 25.2 Å². The number of nitrogens with zero attached hydrogens (tertiary/aromatic N) is 1. The molecule has 5 atom stereocenters. The second-order valence-corrected chi connectivity index (χ2v) is 9.11. The number of aliphatic hydroxyl groups is 4. The molecular formula is C23H35NO6. The van der Waals surface area contributed by atoms with Gasteiger partial charge < -0.3 is 30.1 Å². The SMILES string of the molecule is CC(=O)c1ccc(OCCN(C)CCCC2CCC3(O)CC(O)C(O)CC23O)cc1. The van der Waals surface area contributed by atoms with Crippen molar-refractivity contribution in [2.45, 2.75) is 68.9 Å². The Hall–Kier alpha value is -1.51. The smallest absolute Gasteiger partial charge is 0.159 e. The van der Waals surface area contributed by atoms with Crippen LogP contribution in [0.15, 0.2) is 24.3 Å². The zero-order valence-corrected chi connectivity index (χ0v) is 18.0. The van der Waals surface area contributed by atoms with Gasteiger partial charge in [0.2, 0.25) is 0 Å². The highest BCUT2D eigenvalue weighted by Gasteiger charge is 2.62. The van der Waals surface area contributed by atoms with E-state index in [1.807, 2.05) is 7.05 Å². The molecule has 2 fully saturated rings. The maximum atomic E-state index is 11.3. The molecule has 30 heavy (non-hydrogen) atoms. The zero-order valence-electron chi connectivity index (χ0n) is 18.0. The van der Waals surface area contributed by atoms with E-state index < -0.39 is 23.4 Å². The molecule has 2 aliphatic rings. The highest BCUT2D eigenvalue weighted by Crippen LogP contribution is 2.53. The number of fused-ring (bicyclic) bond motifs is 1. The second kappa shape index (κ2) is 9.32. The van der Waals surface area contributed by atoms with Crippen molar-refractivity contribution in [3.63, 3.8) is 0 Å². The zero-order chi connectivity index (χ0) is 21.9. The summed E-state index contributed by atoms with van der Waals surface area (Å²) in [6.45, 7) is 3.66. The Balaban J connectivity index is 1.39. The van der Waals surface area contributed by atoms with Gasteiger partial charge in [-0.3, -0.25) is 4.79 Å². The molecule has 1 aromatic carbocycles. The molecule has 168 valence electrons. The van der Waals surface area contributed by atoms with Gasteiger partial charge in [-0.1, -0.05) is 0 Å². The van der Waals surface area contributed by atoms with Crippen molar-refractivity contribution in [1.82, 2.24) is 4.90 Å². The number of hydrogen-bond acceptors (Lipinski definition) is 7. The Morgan fingerprint density at radius 2 is 1.80 bits per heavy atom. The number of likely N-dealkylation sites (N-methyl/N-ethyl adjacent to an activating group) is 1. The molecule has 0 amide bonds. The summed E-state index contributed by atoms with van der Waals surface area (Å²) in [7, 11) is 2.02. The van der Waals surface area contributed by atoms with Crippen LogP contribution in [-0.2, 0) is 0 Å². The molecule has 0 bridgehead atoms.